The Hall–Kier alpha value is -4.17. The zero-order valence-electron chi connectivity index (χ0n) is 22.2. The molecule has 2 aromatic heterocycles. The van der Waals surface area contributed by atoms with Gasteiger partial charge in [0.15, 0.2) is 11.5 Å². The number of hydrogen-bond donors (Lipinski definition) is 2. The predicted molar refractivity (Wildman–Crippen MR) is 152 cm³/mol. The Bertz CT molecular complexity index is 1480. The van der Waals surface area contributed by atoms with E-state index < -0.39 is 0 Å². The summed E-state index contributed by atoms with van der Waals surface area (Å²) in [6.45, 7) is 3.86. The van der Waals surface area contributed by atoms with E-state index in [4.69, 9.17) is 14.5 Å². The molecule has 200 valence electrons. The number of pyridine rings is 1. The zero-order chi connectivity index (χ0) is 26.6. The highest BCUT2D eigenvalue weighted by atomic mass is 16.5. The molecular weight excluding hydrogens is 490 g/mol. The molecule has 0 atom stereocenters. The summed E-state index contributed by atoms with van der Waals surface area (Å²) in [7, 11) is 1.67. The van der Waals surface area contributed by atoms with E-state index in [0.717, 1.165) is 83.4 Å². The quantitative estimate of drug-likeness (QED) is 0.224. The van der Waals surface area contributed by atoms with Gasteiger partial charge in [-0.2, -0.15) is 0 Å². The smallest absolute Gasteiger partial charge is 0.161 e. The number of aromatic nitrogens is 3. The van der Waals surface area contributed by atoms with E-state index in [2.05, 4.69) is 26.1 Å². The molecule has 8 heteroatoms. The van der Waals surface area contributed by atoms with Crippen molar-refractivity contribution in [3.8, 4) is 45.4 Å². The molecule has 1 aliphatic carbocycles. The van der Waals surface area contributed by atoms with Crippen molar-refractivity contribution in [2.75, 3.05) is 33.4 Å². The number of benzene rings is 2. The van der Waals surface area contributed by atoms with Crippen LogP contribution in [0.25, 0.3) is 33.9 Å². The zero-order valence-corrected chi connectivity index (χ0v) is 22.2. The summed E-state index contributed by atoms with van der Waals surface area (Å²) in [6, 6.07) is 16.1. The molecule has 0 spiro atoms. The minimum absolute atomic E-state index is 0.633. The van der Waals surface area contributed by atoms with Crippen LogP contribution in [-0.4, -0.2) is 64.1 Å². The number of likely N-dealkylation sites (tertiary alicyclic amines) is 1. The molecule has 0 radical (unpaired) electrons. The van der Waals surface area contributed by atoms with Crippen LogP contribution in [0.1, 0.15) is 36.8 Å². The summed E-state index contributed by atoms with van der Waals surface area (Å²) in [6.07, 6.45) is 9.03. The molecule has 3 heterocycles. The highest BCUT2D eigenvalue weighted by Gasteiger charge is 2.22. The molecule has 4 aromatic rings. The summed E-state index contributed by atoms with van der Waals surface area (Å²) in [5, 5.41) is 12.8. The first-order valence-electron chi connectivity index (χ1n) is 13.6. The Balaban J connectivity index is 1.31. The lowest BCUT2D eigenvalue weighted by molar-refractivity contribution is 0.180. The van der Waals surface area contributed by atoms with Crippen LogP contribution in [0.3, 0.4) is 0 Å². The number of aryl methyl sites for hydroxylation is 1. The van der Waals surface area contributed by atoms with E-state index in [-0.39, 0.29) is 0 Å². The Morgan fingerprint density at radius 1 is 0.923 bits per heavy atom. The second-order valence-electron chi connectivity index (χ2n) is 10.1. The molecule has 8 nitrogen and oxygen atoms in total. The Morgan fingerprint density at radius 2 is 1.74 bits per heavy atom. The Morgan fingerprint density at radius 3 is 2.54 bits per heavy atom. The molecule has 1 saturated heterocycles. The third kappa shape index (κ3) is 5.25. The van der Waals surface area contributed by atoms with Crippen molar-refractivity contribution in [3.05, 3.63) is 72.1 Å². The summed E-state index contributed by atoms with van der Waals surface area (Å²) in [4.78, 5) is 15.3. The molecular formula is C31H33N5O3. The molecule has 39 heavy (non-hydrogen) atoms. The van der Waals surface area contributed by atoms with Crippen molar-refractivity contribution < 1.29 is 14.7 Å². The van der Waals surface area contributed by atoms with Crippen molar-refractivity contribution in [1.82, 2.24) is 19.9 Å². The van der Waals surface area contributed by atoms with Gasteiger partial charge >= 0.3 is 0 Å². The van der Waals surface area contributed by atoms with Gasteiger partial charge < -0.3 is 19.7 Å². The highest BCUT2D eigenvalue weighted by Crippen LogP contribution is 2.37. The molecule has 2 aromatic carbocycles. The van der Waals surface area contributed by atoms with Gasteiger partial charge in [0, 0.05) is 41.2 Å². The minimum atomic E-state index is 0.633. The van der Waals surface area contributed by atoms with Gasteiger partial charge in [0.25, 0.3) is 0 Å². The fourth-order valence-electron chi connectivity index (χ4n) is 5.57. The maximum atomic E-state index is 9.33. The average molecular weight is 524 g/mol. The topological polar surface area (TPSA) is 95.9 Å². The summed E-state index contributed by atoms with van der Waals surface area (Å²) in [5.74, 6) is 2.16. The number of aromatic amines is 1. The van der Waals surface area contributed by atoms with Crippen molar-refractivity contribution >= 4 is 5.71 Å². The van der Waals surface area contributed by atoms with Gasteiger partial charge in [-0.05, 0) is 80.7 Å². The summed E-state index contributed by atoms with van der Waals surface area (Å²) < 4.78 is 11.8. The van der Waals surface area contributed by atoms with E-state index in [1.54, 1.807) is 19.5 Å². The van der Waals surface area contributed by atoms with E-state index >= 15 is 0 Å². The van der Waals surface area contributed by atoms with Crippen LogP contribution in [0.2, 0.25) is 0 Å². The maximum absolute atomic E-state index is 9.33. The number of H-pyrrole nitrogens is 1. The van der Waals surface area contributed by atoms with Crippen LogP contribution in [0.4, 0.5) is 0 Å². The first-order valence-corrected chi connectivity index (χ1v) is 13.6. The highest BCUT2D eigenvalue weighted by molar-refractivity contribution is 6.04. The van der Waals surface area contributed by atoms with E-state index in [1.165, 1.54) is 24.8 Å². The fraction of sp³-hybridized carbons (Fsp3) is 0.323. The minimum Gasteiger partial charge on any atom is -0.493 e. The van der Waals surface area contributed by atoms with Crippen LogP contribution in [-0.2, 0) is 6.42 Å². The van der Waals surface area contributed by atoms with Gasteiger partial charge in [-0.3, -0.25) is 9.88 Å². The van der Waals surface area contributed by atoms with E-state index in [9.17, 15) is 5.21 Å². The molecule has 2 aliphatic rings. The molecule has 2 N–H and O–H groups in total. The molecule has 0 amide bonds. The molecule has 0 saturated carbocycles. The third-order valence-electron chi connectivity index (χ3n) is 7.67. The normalized spacial score (nSPS) is 16.4. The van der Waals surface area contributed by atoms with Gasteiger partial charge in [0.05, 0.1) is 24.2 Å². The molecule has 6 rings (SSSR count). The Kier molecular flexibility index (Phi) is 7.27. The lowest BCUT2D eigenvalue weighted by Crippen LogP contribution is -2.33. The number of methoxy groups -OCH3 is 1. The molecule has 0 bridgehead atoms. The van der Waals surface area contributed by atoms with Crippen molar-refractivity contribution in [3.63, 3.8) is 0 Å². The molecule has 1 fully saturated rings. The number of ether oxygens (including phenoxy) is 2. The van der Waals surface area contributed by atoms with Gasteiger partial charge in [-0.15, -0.1) is 0 Å². The molecule has 0 unspecified atom stereocenters. The van der Waals surface area contributed by atoms with Crippen molar-refractivity contribution in [1.29, 1.82) is 0 Å². The first-order chi connectivity index (χ1) is 19.2. The number of oxime groups is 1. The number of hydrogen-bond acceptors (Lipinski definition) is 7. The summed E-state index contributed by atoms with van der Waals surface area (Å²) >= 11 is 0. The first kappa shape index (κ1) is 25.1. The largest absolute Gasteiger partial charge is 0.493 e. The predicted octanol–water partition coefficient (Wildman–Crippen LogP) is 5.80. The second-order valence-corrected chi connectivity index (χ2v) is 10.1. The number of rotatable bonds is 8. The average Bonchev–Trinajstić information content (AvgIpc) is 3.63. The number of piperidine rings is 1. The SMILES string of the molecule is COc1cc(-c2nc(-c3ccc4c(c3)CC/C4=N/O)c(-c3ccncc3)[nH]2)ccc1OCCN1CCCCC1. The van der Waals surface area contributed by atoms with E-state index in [0.29, 0.717) is 12.4 Å². The number of nitrogens with zero attached hydrogens (tertiary/aromatic N) is 4. The third-order valence-corrected chi connectivity index (χ3v) is 7.67. The second kappa shape index (κ2) is 11.3. The maximum Gasteiger partial charge on any atom is 0.161 e. The van der Waals surface area contributed by atoms with Crippen LogP contribution in [0.15, 0.2) is 66.1 Å². The monoisotopic (exact) mass is 523 g/mol. The standard InChI is InChI=1S/C31H33N5O3/c1-38-28-20-24(7-10-27(28)39-18-17-36-15-3-2-4-16-36)31-33-29(21-11-13-32-14-12-21)30(34-31)23-5-8-25-22(19-23)6-9-26(25)35-37/h5,7-8,10-14,19-20,37H,2-4,6,9,15-18H2,1H3,(H,33,34)/b35-26-. The van der Waals surface area contributed by atoms with Crippen molar-refractivity contribution in [2.24, 2.45) is 5.16 Å². The number of imidazole rings is 1. The lowest BCUT2D eigenvalue weighted by atomic mass is 10.0. The fourth-order valence-corrected chi connectivity index (χ4v) is 5.57. The van der Waals surface area contributed by atoms with Crippen LogP contribution >= 0.6 is 0 Å². The molecule has 1 aliphatic heterocycles. The Labute approximate surface area is 228 Å². The van der Waals surface area contributed by atoms with Crippen molar-refractivity contribution in [2.45, 2.75) is 32.1 Å². The number of fused-ring (bicyclic) bond motifs is 1. The van der Waals surface area contributed by atoms with Gasteiger partial charge in [-0.1, -0.05) is 23.7 Å². The van der Waals surface area contributed by atoms with E-state index in [1.807, 2.05) is 42.5 Å². The van der Waals surface area contributed by atoms with Crippen LogP contribution in [0.5, 0.6) is 11.5 Å². The van der Waals surface area contributed by atoms with Crippen LogP contribution in [0, 0.1) is 0 Å². The van der Waals surface area contributed by atoms with Crippen LogP contribution < -0.4 is 9.47 Å². The lowest BCUT2D eigenvalue weighted by Gasteiger charge is -2.26. The van der Waals surface area contributed by atoms with Gasteiger partial charge in [0.2, 0.25) is 0 Å². The van der Waals surface area contributed by atoms with Gasteiger partial charge in [-0.25, -0.2) is 4.98 Å². The summed E-state index contributed by atoms with van der Waals surface area (Å²) in [5.41, 5.74) is 7.60. The van der Waals surface area contributed by atoms with Gasteiger partial charge in [0.1, 0.15) is 12.4 Å². The number of nitrogens with one attached hydrogen (secondary N) is 1.